The van der Waals surface area contributed by atoms with Crippen LogP contribution in [-0.2, 0) is 22.6 Å². The van der Waals surface area contributed by atoms with Crippen LogP contribution in [0.1, 0.15) is 17.5 Å². The summed E-state index contributed by atoms with van der Waals surface area (Å²) >= 11 is 0. The fourth-order valence-corrected chi connectivity index (χ4v) is 2.76. The van der Waals surface area contributed by atoms with Crippen LogP contribution in [0, 0.1) is 5.92 Å². The third-order valence-corrected chi connectivity index (χ3v) is 3.86. The summed E-state index contributed by atoms with van der Waals surface area (Å²) in [6, 6.07) is 5.97. The summed E-state index contributed by atoms with van der Waals surface area (Å²) in [5.74, 6) is -1.58. The first-order chi connectivity index (χ1) is 9.15. The number of amides is 1. The minimum atomic E-state index is -0.893. The lowest BCUT2D eigenvalue weighted by Gasteiger charge is -2.21. The van der Waals surface area contributed by atoms with Crippen LogP contribution in [0.15, 0.2) is 18.2 Å². The summed E-state index contributed by atoms with van der Waals surface area (Å²) in [6.45, 7) is 2.07. The number of hydrogen-bond donors (Lipinski definition) is 2. The van der Waals surface area contributed by atoms with Crippen LogP contribution >= 0.6 is 0 Å². The first kappa shape index (κ1) is 12.2. The number of nitrogens with zero attached hydrogens (tertiary/aromatic N) is 1. The van der Waals surface area contributed by atoms with E-state index in [1.807, 2.05) is 18.2 Å². The molecule has 19 heavy (non-hydrogen) atoms. The number of fused-ring (bicyclic) bond motifs is 1. The second-order valence-electron chi connectivity index (χ2n) is 5.12. The molecule has 0 bridgehead atoms. The van der Waals surface area contributed by atoms with Crippen LogP contribution in [0.4, 0.5) is 5.69 Å². The van der Waals surface area contributed by atoms with E-state index in [9.17, 15) is 9.59 Å². The molecular formula is C14H16N2O3. The number of rotatable bonds is 2. The second kappa shape index (κ2) is 4.66. The Bertz CT molecular complexity index is 541. The van der Waals surface area contributed by atoms with E-state index in [-0.39, 0.29) is 18.9 Å². The highest BCUT2D eigenvalue weighted by atomic mass is 16.4. The van der Waals surface area contributed by atoms with Crippen LogP contribution < -0.4 is 10.2 Å². The molecule has 3 rings (SSSR count). The van der Waals surface area contributed by atoms with Gasteiger partial charge in [-0.1, -0.05) is 6.07 Å². The Morgan fingerprint density at radius 3 is 2.95 bits per heavy atom. The summed E-state index contributed by atoms with van der Waals surface area (Å²) < 4.78 is 0. The largest absolute Gasteiger partial charge is 0.481 e. The van der Waals surface area contributed by atoms with Crippen LogP contribution in [0.5, 0.6) is 0 Å². The van der Waals surface area contributed by atoms with E-state index in [0.29, 0.717) is 0 Å². The maximum absolute atomic E-state index is 11.9. The summed E-state index contributed by atoms with van der Waals surface area (Å²) in [6.07, 6.45) is 1.10. The van der Waals surface area contributed by atoms with Gasteiger partial charge in [-0.05, 0) is 36.2 Å². The number of aliphatic carboxylic acids is 1. The van der Waals surface area contributed by atoms with Gasteiger partial charge in [-0.25, -0.2) is 0 Å². The van der Waals surface area contributed by atoms with E-state index in [4.69, 9.17) is 5.11 Å². The van der Waals surface area contributed by atoms with Crippen molar-refractivity contribution in [1.82, 2.24) is 5.32 Å². The molecular weight excluding hydrogens is 244 g/mol. The topological polar surface area (TPSA) is 69.6 Å². The standard InChI is InChI=1S/C14H16N2O3/c17-13-6-11(14(18)19)8-16(13)12-2-1-9-3-4-15-7-10(9)5-12/h1-2,5,11,15H,3-4,6-8H2,(H,18,19). The quantitative estimate of drug-likeness (QED) is 0.824. The maximum atomic E-state index is 11.9. The lowest BCUT2D eigenvalue weighted by atomic mass is 10.0. The van der Waals surface area contributed by atoms with Crippen LogP contribution in [0.2, 0.25) is 0 Å². The molecule has 0 aromatic heterocycles. The van der Waals surface area contributed by atoms with Gasteiger partial charge in [0, 0.05) is 25.2 Å². The summed E-state index contributed by atoms with van der Waals surface area (Å²) in [4.78, 5) is 24.5. The zero-order valence-electron chi connectivity index (χ0n) is 10.6. The van der Waals surface area contributed by atoms with Crippen molar-refractivity contribution in [2.24, 2.45) is 5.92 Å². The number of carbonyl (C=O) groups is 2. The zero-order valence-corrected chi connectivity index (χ0v) is 10.6. The van der Waals surface area contributed by atoms with E-state index in [1.54, 1.807) is 4.90 Å². The Hall–Kier alpha value is -1.88. The zero-order chi connectivity index (χ0) is 13.4. The molecule has 5 nitrogen and oxygen atoms in total. The van der Waals surface area contributed by atoms with Crippen molar-refractivity contribution in [3.8, 4) is 0 Å². The molecule has 1 amide bonds. The molecule has 1 aromatic rings. The Morgan fingerprint density at radius 1 is 1.37 bits per heavy atom. The minimum Gasteiger partial charge on any atom is -0.481 e. The van der Waals surface area contributed by atoms with Crippen molar-refractivity contribution < 1.29 is 14.7 Å². The van der Waals surface area contributed by atoms with Gasteiger partial charge in [0.1, 0.15) is 0 Å². The molecule has 2 aliphatic heterocycles. The van der Waals surface area contributed by atoms with Gasteiger partial charge >= 0.3 is 5.97 Å². The molecule has 0 spiro atoms. The molecule has 1 aromatic carbocycles. The fraction of sp³-hybridized carbons (Fsp3) is 0.429. The van der Waals surface area contributed by atoms with E-state index in [0.717, 1.165) is 25.2 Å². The molecule has 0 radical (unpaired) electrons. The Kier molecular flexibility index (Phi) is 2.98. The molecule has 1 atom stereocenters. The van der Waals surface area contributed by atoms with Crippen molar-refractivity contribution in [2.45, 2.75) is 19.4 Å². The minimum absolute atomic E-state index is 0.101. The summed E-state index contributed by atoms with van der Waals surface area (Å²) in [5, 5.41) is 12.3. The van der Waals surface area contributed by atoms with E-state index in [1.165, 1.54) is 11.1 Å². The number of anilines is 1. The van der Waals surface area contributed by atoms with Gasteiger partial charge in [0.2, 0.25) is 5.91 Å². The number of carboxylic acids is 1. The van der Waals surface area contributed by atoms with Gasteiger partial charge in [0.25, 0.3) is 0 Å². The number of benzene rings is 1. The van der Waals surface area contributed by atoms with Gasteiger partial charge in [0.15, 0.2) is 0 Å². The van der Waals surface area contributed by atoms with Crippen molar-refractivity contribution >= 4 is 17.6 Å². The number of nitrogens with one attached hydrogen (secondary N) is 1. The molecule has 1 fully saturated rings. The summed E-state index contributed by atoms with van der Waals surface area (Å²) in [5.41, 5.74) is 3.33. The average molecular weight is 260 g/mol. The number of carboxylic acid groups (broad SMARTS) is 1. The highest BCUT2D eigenvalue weighted by molar-refractivity contribution is 5.99. The predicted molar refractivity (Wildman–Crippen MR) is 69.9 cm³/mol. The highest BCUT2D eigenvalue weighted by Gasteiger charge is 2.35. The van der Waals surface area contributed by atoms with Gasteiger partial charge in [-0.2, -0.15) is 0 Å². The van der Waals surface area contributed by atoms with E-state index in [2.05, 4.69) is 5.32 Å². The van der Waals surface area contributed by atoms with E-state index < -0.39 is 11.9 Å². The smallest absolute Gasteiger partial charge is 0.308 e. The Balaban J connectivity index is 1.86. The van der Waals surface area contributed by atoms with Gasteiger partial charge < -0.3 is 15.3 Å². The molecule has 100 valence electrons. The second-order valence-corrected chi connectivity index (χ2v) is 5.12. The molecule has 5 heteroatoms. The third kappa shape index (κ3) is 2.21. The molecule has 2 N–H and O–H groups in total. The lowest BCUT2D eigenvalue weighted by Crippen LogP contribution is -2.27. The lowest BCUT2D eigenvalue weighted by molar-refractivity contribution is -0.141. The maximum Gasteiger partial charge on any atom is 0.308 e. The van der Waals surface area contributed by atoms with Crippen LogP contribution in [0.25, 0.3) is 0 Å². The molecule has 0 aliphatic carbocycles. The fourth-order valence-electron chi connectivity index (χ4n) is 2.76. The molecule has 2 heterocycles. The predicted octanol–water partition coefficient (Wildman–Crippen LogP) is 0.770. The van der Waals surface area contributed by atoms with Crippen molar-refractivity contribution in [2.75, 3.05) is 18.0 Å². The van der Waals surface area contributed by atoms with Crippen LogP contribution in [-0.4, -0.2) is 30.1 Å². The SMILES string of the molecule is O=C(O)C1CC(=O)N(c2ccc3c(c2)CNCC3)C1. The van der Waals surface area contributed by atoms with Gasteiger partial charge in [0.05, 0.1) is 5.92 Å². The highest BCUT2D eigenvalue weighted by Crippen LogP contribution is 2.28. The average Bonchev–Trinajstić information content (AvgIpc) is 2.80. The van der Waals surface area contributed by atoms with Crippen molar-refractivity contribution in [3.63, 3.8) is 0 Å². The molecule has 1 saturated heterocycles. The summed E-state index contributed by atoms with van der Waals surface area (Å²) in [7, 11) is 0. The number of hydrogen-bond acceptors (Lipinski definition) is 3. The first-order valence-electron chi connectivity index (χ1n) is 6.51. The van der Waals surface area contributed by atoms with Gasteiger partial charge in [-0.3, -0.25) is 9.59 Å². The Morgan fingerprint density at radius 2 is 2.21 bits per heavy atom. The molecule has 0 saturated carbocycles. The number of carbonyl (C=O) groups excluding carboxylic acids is 1. The first-order valence-corrected chi connectivity index (χ1v) is 6.51. The Labute approximate surface area is 111 Å². The third-order valence-electron chi connectivity index (χ3n) is 3.86. The van der Waals surface area contributed by atoms with Crippen LogP contribution in [0.3, 0.4) is 0 Å². The normalized spacial score (nSPS) is 22.4. The van der Waals surface area contributed by atoms with Crippen molar-refractivity contribution in [3.05, 3.63) is 29.3 Å². The molecule has 1 unspecified atom stereocenters. The molecule has 2 aliphatic rings. The van der Waals surface area contributed by atoms with Crippen molar-refractivity contribution in [1.29, 1.82) is 0 Å². The monoisotopic (exact) mass is 260 g/mol. The van der Waals surface area contributed by atoms with E-state index >= 15 is 0 Å². The van der Waals surface area contributed by atoms with Gasteiger partial charge in [-0.15, -0.1) is 0 Å².